The van der Waals surface area contributed by atoms with E-state index in [1.54, 1.807) is 11.3 Å². The molecule has 2 aromatic rings. The number of nitrogens with zero attached hydrogens (tertiary/aromatic N) is 1. The van der Waals surface area contributed by atoms with Crippen LogP contribution in [-0.4, -0.2) is 36.7 Å². The van der Waals surface area contributed by atoms with Gasteiger partial charge in [0.15, 0.2) is 0 Å². The summed E-state index contributed by atoms with van der Waals surface area (Å²) in [5.41, 5.74) is 1.11. The molecule has 0 radical (unpaired) electrons. The zero-order valence-electron chi connectivity index (χ0n) is 17.6. The minimum atomic E-state index is 0.0848. The van der Waals surface area contributed by atoms with Crippen molar-refractivity contribution >= 4 is 17.2 Å². The van der Waals surface area contributed by atoms with E-state index in [-0.39, 0.29) is 17.9 Å². The normalized spacial score (nSPS) is 16.3. The molecule has 5 heteroatoms. The summed E-state index contributed by atoms with van der Waals surface area (Å²) in [4.78, 5) is 16.5. The summed E-state index contributed by atoms with van der Waals surface area (Å²) in [6.07, 6.45) is 4.97. The molecule has 1 aliphatic rings. The van der Waals surface area contributed by atoms with Crippen LogP contribution < -0.4 is 4.74 Å². The second-order valence-corrected chi connectivity index (χ2v) is 8.72. The topological polar surface area (TPSA) is 38.8 Å². The number of thiophene rings is 1. The van der Waals surface area contributed by atoms with Crippen LogP contribution in [0, 0.1) is 5.92 Å². The first kappa shape index (κ1) is 21.8. The molecule has 1 aromatic carbocycles. The van der Waals surface area contributed by atoms with E-state index < -0.39 is 0 Å². The van der Waals surface area contributed by atoms with E-state index in [2.05, 4.69) is 43.5 Å². The lowest BCUT2D eigenvalue weighted by molar-refractivity contribution is -0.138. The maximum atomic E-state index is 13.1. The van der Waals surface area contributed by atoms with Gasteiger partial charge in [0, 0.05) is 36.9 Å². The van der Waals surface area contributed by atoms with E-state index in [0.717, 1.165) is 50.0 Å². The van der Waals surface area contributed by atoms with Crippen LogP contribution in [0.15, 0.2) is 41.8 Å². The quantitative estimate of drug-likeness (QED) is 0.499. The molecule has 1 aliphatic heterocycles. The standard InChI is InChI=1S/C24H33NO3S/c1-3-20(4-2)24(26)25(18-22-10-6-13-27-22)17-19-8-5-9-21(16-19)28-14-12-23-11-7-15-29-23/h5,7-9,11,15-16,20,22H,3-4,6,10,12-14,17-18H2,1-2H3/t22-/m1/s1. The number of rotatable bonds is 11. The number of hydrogen-bond acceptors (Lipinski definition) is 4. The number of benzene rings is 1. The first-order valence-electron chi connectivity index (χ1n) is 10.8. The maximum Gasteiger partial charge on any atom is 0.226 e. The van der Waals surface area contributed by atoms with Gasteiger partial charge in [-0.05, 0) is 54.8 Å². The first-order valence-corrected chi connectivity index (χ1v) is 11.7. The fraction of sp³-hybridized carbons (Fsp3) is 0.542. The van der Waals surface area contributed by atoms with Gasteiger partial charge in [-0.15, -0.1) is 11.3 Å². The second kappa shape index (κ2) is 11.4. The molecule has 0 saturated carbocycles. The predicted molar refractivity (Wildman–Crippen MR) is 118 cm³/mol. The van der Waals surface area contributed by atoms with Crippen LogP contribution in [0.25, 0.3) is 0 Å². The van der Waals surface area contributed by atoms with Crippen LogP contribution in [0.3, 0.4) is 0 Å². The predicted octanol–water partition coefficient (Wildman–Crippen LogP) is 5.31. The number of ether oxygens (including phenoxy) is 2. The molecular formula is C24H33NO3S. The molecule has 1 fully saturated rings. The van der Waals surface area contributed by atoms with E-state index in [4.69, 9.17) is 9.47 Å². The summed E-state index contributed by atoms with van der Waals surface area (Å²) in [6.45, 7) is 6.95. The summed E-state index contributed by atoms with van der Waals surface area (Å²) < 4.78 is 11.8. The Morgan fingerprint density at radius 1 is 1.28 bits per heavy atom. The van der Waals surface area contributed by atoms with Crippen LogP contribution in [0.4, 0.5) is 0 Å². The third kappa shape index (κ3) is 6.58. The third-order valence-electron chi connectivity index (χ3n) is 5.56. The van der Waals surface area contributed by atoms with Crippen molar-refractivity contribution < 1.29 is 14.3 Å². The summed E-state index contributed by atoms with van der Waals surface area (Å²) in [5.74, 6) is 1.20. The Bertz CT molecular complexity index is 736. The molecule has 0 spiro atoms. The van der Waals surface area contributed by atoms with Gasteiger partial charge in [0.25, 0.3) is 0 Å². The van der Waals surface area contributed by atoms with Gasteiger partial charge in [-0.3, -0.25) is 4.79 Å². The van der Waals surface area contributed by atoms with E-state index in [1.165, 1.54) is 4.88 Å². The van der Waals surface area contributed by atoms with E-state index in [0.29, 0.717) is 19.7 Å². The van der Waals surface area contributed by atoms with Gasteiger partial charge in [0.2, 0.25) is 5.91 Å². The number of hydrogen-bond donors (Lipinski definition) is 0. The van der Waals surface area contributed by atoms with Gasteiger partial charge < -0.3 is 14.4 Å². The number of carbonyl (C=O) groups is 1. The summed E-state index contributed by atoms with van der Waals surface area (Å²) in [7, 11) is 0. The van der Waals surface area contributed by atoms with Crippen LogP contribution in [0.5, 0.6) is 5.75 Å². The average molecular weight is 416 g/mol. The van der Waals surface area contributed by atoms with Crippen LogP contribution in [0.2, 0.25) is 0 Å². The molecule has 0 unspecified atom stereocenters. The van der Waals surface area contributed by atoms with Gasteiger partial charge in [0.1, 0.15) is 5.75 Å². The molecule has 0 N–H and O–H groups in total. The van der Waals surface area contributed by atoms with Crippen molar-refractivity contribution in [3.05, 3.63) is 52.2 Å². The van der Waals surface area contributed by atoms with Crippen molar-refractivity contribution in [2.75, 3.05) is 19.8 Å². The Morgan fingerprint density at radius 2 is 2.14 bits per heavy atom. The van der Waals surface area contributed by atoms with Crippen LogP contribution >= 0.6 is 11.3 Å². The maximum absolute atomic E-state index is 13.1. The molecule has 3 rings (SSSR count). The van der Waals surface area contributed by atoms with Gasteiger partial charge >= 0.3 is 0 Å². The van der Waals surface area contributed by atoms with E-state index in [9.17, 15) is 4.79 Å². The highest BCUT2D eigenvalue weighted by Crippen LogP contribution is 2.21. The summed E-state index contributed by atoms with van der Waals surface area (Å²) >= 11 is 1.76. The monoisotopic (exact) mass is 415 g/mol. The molecule has 1 aromatic heterocycles. The molecule has 1 amide bonds. The number of amides is 1. The van der Waals surface area contributed by atoms with Crippen molar-refractivity contribution in [3.63, 3.8) is 0 Å². The highest BCUT2D eigenvalue weighted by molar-refractivity contribution is 7.09. The van der Waals surface area contributed by atoms with Crippen molar-refractivity contribution in [2.24, 2.45) is 5.92 Å². The molecular weight excluding hydrogens is 382 g/mol. The Hall–Kier alpha value is -1.85. The first-order chi connectivity index (χ1) is 14.2. The van der Waals surface area contributed by atoms with Gasteiger partial charge in [0.05, 0.1) is 12.7 Å². The minimum absolute atomic E-state index is 0.0848. The Morgan fingerprint density at radius 3 is 2.83 bits per heavy atom. The Kier molecular flexibility index (Phi) is 8.56. The summed E-state index contributed by atoms with van der Waals surface area (Å²) in [5, 5.41) is 2.09. The average Bonchev–Trinajstić information content (AvgIpc) is 3.43. The molecule has 1 atom stereocenters. The zero-order chi connectivity index (χ0) is 20.5. The van der Waals surface area contributed by atoms with E-state index in [1.807, 2.05) is 17.0 Å². The molecule has 1 saturated heterocycles. The van der Waals surface area contributed by atoms with Crippen molar-refractivity contribution in [1.29, 1.82) is 0 Å². The lowest BCUT2D eigenvalue weighted by atomic mass is 10.0. The SMILES string of the molecule is CCC(CC)C(=O)N(Cc1cccc(OCCc2cccs2)c1)C[C@H]1CCCO1. The smallest absolute Gasteiger partial charge is 0.226 e. The fourth-order valence-corrected chi connectivity index (χ4v) is 4.53. The van der Waals surface area contributed by atoms with Crippen molar-refractivity contribution in [2.45, 2.75) is 58.6 Å². The highest BCUT2D eigenvalue weighted by Gasteiger charge is 2.26. The minimum Gasteiger partial charge on any atom is -0.493 e. The molecule has 4 nitrogen and oxygen atoms in total. The molecule has 158 valence electrons. The molecule has 29 heavy (non-hydrogen) atoms. The highest BCUT2D eigenvalue weighted by atomic mass is 32.1. The molecule has 2 heterocycles. The lowest BCUT2D eigenvalue weighted by Gasteiger charge is -2.29. The zero-order valence-corrected chi connectivity index (χ0v) is 18.5. The second-order valence-electron chi connectivity index (χ2n) is 7.69. The largest absolute Gasteiger partial charge is 0.493 e. The van der Waals surface area contributed by atoms with Gasteiger partial charge in [-0.1, -0.05) is 32.0 Å². The fourth-order valence-electron chi connectivity index (χ4n) is 3.84. The van der Waals surface area contributed by atoms with Crippen LogP contribution in [-0.2, 0) is 22.5 Å². The van der Waals surface area contributed by atoms with E-state index >= 15 is 0 Å². The van der Waals surface area contributed by atoms with Crippen molar-refractivity contribution in [3.8, 4) is 5.75 Å². The third-order valence-corrected chi connectivity index (χ3v) is 6.50. The van der Waals surface area contributed by atoms with Crippen molar-refractivity contribution in [1.82, 2.24) is 4.90 Å². The molecule has 0 bridgehead atoms. The Balaban J connectivity index is 1.63. The molecule has 0 aliphatic carbocycles. The number of carbonyl (C=O) groups excluding carboxylic acids is 1. The lowest BCUT2D eigenvalue weighted by Crippen LogP contribution is -2.40. The summed E-state index contributed by atoms with van der Waals surface area (Å²) in [6, 6.07) is 12.4. The van der Waals surface area contributed by atoms with Gasteiger partial charge in [-0.25, -0.2) is 0 Å². The van der Waals surface area contributed by atoms with Crippen LogP contribution in [0.1, 0.15) is 50.0 Å². The van der Waals surface area contributed by atoms with Gasteiger partial charge in [-0.2, -0.15) is 0 Å². The Labute approximate surface area is 178 Å².